The van der Waals surface area contributed by atoms with Gasteiger partial charge in [-0.15, -0.1) is 0 Å². The Kier molecular flexibility index (Phi) is 4.62. The molecule has 4 heteroatoms. The van der Waals surface area contributed by atoms with E-state index < -0.39 is 10.8 Å². The topological polar surface area (TPSA) is 34.1 Å². The third-order valence-electron chi connectivity index (χ3n) is 1.96. The number of rotatable bonds is 5. The molecule has 0 heterocycles. The van der Waals surface area contributed by atoms with Crippen LogP contribution in [-0.4, -0.2) is 21.5 Å². The van der Waals surface area contributed by atoms with Crippen LogP contribution in [0.1, 0.15) is 12.5 Å². The molecule has 1 atom stereocenters. The average Bonchev–Trinajstić information content (AvgIpc) is 2.21. The van der Waals surface area contributed by atoms with Crippen LogP contribution in [-0.2, 0) is 22.0 Å². The molecule has 0 saturated carbocycles. The minimum atomic E-state index is -1.06. The van der Waals surface area contributed by atoms with Crippen molar-refractivity contribution in [3.05, 3.63) is 35.6 Å². The molecule has 0 N–H and O–H groups in total. The fourth-order valence-electron chi connectivity index (χ4n) is 1.16. The summed E-state index contributed by atoms with van der Waals surface area (Å²) in [5.74, 6) is 0.202. The molecule has 0 aliphatic heterocycles. The van der Waals surface area contributed by atoms with Crippen molar-refractivity contribution in [1.82, 2.24) is 0 Å². The first-order valence-corrected chi connectivity index (χ1v) is 6.21. The van der Waals surface area contributed by atoms with E-state index in [0.29, 0.717) is 5.75 Å². The Bertz CT molecular complexity index is 359. The van der Waals surface area contributed by atoms with E-state index in [2.05, 4.69) is 0 Å². The Balaban J connectivity index is 2.51. The van der Waals surface area contributed by atoms with E-state index in [1.54, 1.807) is 19.1 Å². The highest BCUT2D eigenvalue weighted by Crippen LogP contribution is 2.04. The molecule has 1 aromatic rings. The summed E-state index contributed by atoms with van der Waals surface area (Å²) in [4.78, 5) is 11.4. The summed E-state index contributed by atoms with van der Waals surface area (Å²) in [5, 5.41) is 0. The van der Waals surface area contributed by atoms with Gasteiger partial charge in [0.1, 0.15) is 11.6 Å². The van der Waals surface area contributed by atoms with Gasteiger partial charge in [-0.1, -0.05) is 19.1 Å². The number of halogens is 1. The van der Waals surface area contributed by atoms with Crippen molar-refractivity contribution in [2.75, 3.05) is 11.5 Å². The van der Waals surface area contributed by atoms with Gasteiger partial charge in [0.2, 0.25) is 0 Å². The number of benzene rings is 1. The molecule has 1 rings (SSSR count). The maximum Gasteiger partial charge on any atom is 0.149 e. The van der Waals surface area contributed by atoms with E-state index in [-0.39, 0.29) is 23.8 Å². The van der Waals surface area contributed by atoms with Crippen LogP contribution in [0.2, 0.25) is 0 Å². The van der Waals surface area contributed by atoms with Crippen LogP contribution >= 0.6 is 0 Å². The van der Waals surface area contributed by atoms with Gasteiger partial charge < -0.3 is 0 Å². The Morgan fingerprint density at radius 1 is 1.33 bits per heavy atom. The minimum Gasteiger partial charge on any atom is -0.298 e. The van der Waals surface area contributed by atoms with Crippen molar-refractivity contribution in [2.24, 2.45) is 0 Å². The molecule has 0 bridgehead atoms. The lowest BCUT2D eigenvalue weighted by Gasteiger charge is -2.00. The van der Waals surface area contributed by atoms with E-state index in [1.807, 2.05) is 0 Å². The Hall–Kier alpha value is -1.03. The lowest BCUT2D eigenvalue weighted by Crippen LogP contribution is -2.14. The Morgan fingerprint density at radius 2 is 1.93 bits per heavy atom. The number of ketones is 1. The van der Waals surface area contributed by atoms with Gasteiger partial charge in [-0.3, -0.25) is 9.00 Å². The SMILES string of the molecule is CCS(=O)CC(=O)Cc1ccc(F)cc1. The molecule has 0 aliphatic carbocycles. The van der Waals surface area contributed by atoms with E-state index in [9.17, 15) is 13.4 Å². The maximum atomic E-state index is 12.6. The molecule has 82 valence electrons. The summed E-state index contributed by atoms with van der Waals surface area (Å²) in [6, 6.07) is 5.78. The summed E-state index contributed by atoms with van der Waals surface area (Å²) in [5.41, 5.74) is 0.759. The van der Waals surface area contributed by atoms with E-state index in [4.69, 9.17) is 0 Å². The third kappa shape index (κ3) is 4.34. The van der Waals surface area contributed by atoms with Crippen LogP contribution in [0.5, 0.6) is 0 Å². The maximum absolute atomic E-state index is 12.6. The van der Waals surface area contributed by atoms with Crippen molar-refractivity contribution in [2.45, 2.75) is 13.3 Å². The summed E-state index contributed by atoms with van der Waals surface area (Å²) in [7, 11) is -1.06. The lowest BCUT2D eigenvalue weighted by molar-refractivity contribution is -0.116. The molecule has 0 spiro atoms. The van der Waals surface area contributed by atoms with Crippen molar-refractivity contribution < 1.29 is 13.4 Å². The molecule has 15 heavy (non-hydrogen) atoms. The van der Waals surface area contributed by atoms with Gasteiger partial charge in [-0.05, 0) is 17.7 Å². The number of hydrogen-bond acceptors (Lipinski definition) is 2. The molecular formula is C11H13FO2S. The fraction of sp³-hybridized carbons (Fsp3) is 0.364. The van der Waals surface area contributed by atoms with E-state index >= 15 is 0 Å². The first-order valence-electron chi connectivity index (χ1n) is 4.73. The number of carbonyl (C=O) groups excluding carboxylic acids is 1. The molecule has 0 fully saturated rings. The molecule has 1 unspecified atom stereocenters. The van der Waals surface area contributed by atoms with Gasteiger partial charge in [0.25, 0.3) is 0 Å². The summed E-state index contributed by atoms with van der Waals surface area (Å²) in [6.07, 6.45) is 0.228. The summed E-state index contributed by atoms with van der Waals surface area (Å²) < 4.78 is 23.7. The normalized spacial score (nSPS) is 12.4. The van der Waals surface area contributed by atoms with Gasteiger partial charge in [-0.25, -0.2) is 4.39 Å². The third-order valence-corrected chi connectivity index (χ3v) is 3.25. The quantitative estimate of drug-likeness (QED) is 0.768. The predicted molar refractivity (Wildman–Crippen MR) is 58.7 cm³/mol. The largest absolute Gasteiger partial charge is 0.298 e. The van der Waals surface area contributed by atoms with Crippen LogP contribution in [0, 0.1) is 5.82 Å². The molecular weight excluding hydrogens is 215 g/mol. The molecule has 1 aromatic carbocycles. The molecule has 0 amide bonds. The summed E-state index contributed by atoms with van der Waals surface area (Å²) in [6.45, 7) is 1.78. The molecule has 0 radical (unpaired) electrons. The second-order valence-corrected chi connectivity index (χ2v) is 4.96. The highest BCUT2D eigenvalue weighted by atomic mass is 32.2. The van der Waals surface area contributed by atoms with Crippen LogP contribution in [0.4, 0.5) is 4.39 Å². The van der Waals surface area contributed by atoms with Crippen molar-refractivity contribution in [1.29, 1.82) is 0 Å². The first-order chi connectivity index (χ1) is 7.11. The van der Waals surface area contributed by atoms with Gasteiger partial charge in [-0.2, -0.15) is 0 Å². The van der Waals surface area contributed by atoms with Crippen molar-refractivity contribution in [3.8, 4) is 0 Å². The van der Waals surface area contributed by atoms with Crippen molar-refractivity contribution in [3.63, 3.8) is 0 Å². The Morgan fingerprint density at radius 3 is 2.47 bits per heavy atom. The van der Waals surface area contributed by atoms with Crippen LogP contribution in [0.25, 0.3) is 0 Å². The Labute approximate surface area is 91.0 Å². The zero-order valence-corrected chi connectivity index (χ0v) is 9.35. The standard InChI is InChI=1S/C11H13FO2S/c1-2-15(14)8-11(13)7-9-3-5-10(12)6-4-9/h3-6H,2,7-8H2,1H3. The molecule has 0 saturated heterocycles. The van der Waals surface area contributed by atoms with Gasteiger partial charge in [0.05, 0.1) is 5.75 Å². The summed E-state index contributed by atoms with van der Waals surface area (Å²) >= 11 is 0. The second kappa shape index (κ2) is 5.75. The highest BCUT2D eigenvalue weighted by Gasteiger charge is 2.07. The van der Waals surface area contributed by atoms with Gasteiger partial charge in [0.15, 0.2) is 0 Å². The lowest BCUT2D eigenvalue weighted by atomic mass is 10.1. The average molecular weight is 228 g/mol. The molecule has 2 nitrogen and oxygen atoms in total. The van der Waals surface area contributed by atoms with Crippen molar-refractivity contribution >= 4 is 16.6 Å². The minimum absolute atomic E-state index is 0.0678. The molecule has 0 aliphatic rings. The van der Waals surface area contributed by atoms with Crippen LogP contribution in [0.15, 0.2) is 24.3 Å². The smallest absolute Gasteiger partial charge is 0.149 e. The van der Waals surface area contributed by atoms with Gasteiger partial charge >= 0.3 is 0 Å². The zero-order chi connectivity index (χ0) is 11.3. The van der Waals surface area contributed by atoms with Crippen LogP contribution < -0.4 is 0 Å². The van der Waals surface area contributed by atoms with Crippen LogP contribution in [0.3, 0.4) is 0 Å². The zero-order valence-electron chi connectivity index (χ0n) is 8.53. The second-order valence-electron chi connectivity index (χ2n) is 3.21. The monoisotopic (exact) mass is 228 g/mol. The number of carbonyl (C=O) groups is 1. The van der Waals surface area contributed by atoms with Gasteiger partial charge in [0, 0.05) is 23.0 Å². The highest BCUT2D eigenvalue weighted by molar-refractivity contribution is 7.85. The fourth-order valence-corrected chi connectivity index (χ4v) is 1.83. The number of hydrogen-bond donors (Lipinski definition) is 0. The number of Topliss-reactive ketones (excluding diaryl/α,β-unsaturated/α-hetero) is 1. The molecule has 0 aromatic heterocycles. The first kappa shape index (κ1) is 12.0. The predicted octanol–water partition coefficient (Wildman–Crippen LogP) is 1.71. The van der Waals surface area contributed by atoms with E-state index in [1.165, 1.54) is 12.1 Å². The van der Waals surface area contributed by atoms with E-state index in [0.717, 1.165) is 5.56 Å².